The highest BCUT2D eigenvalue weighted by Crippen LogP contribution is 2.27. The van der Waals surface area contributed by atoms with Crippen LogP contribution in [0.2, 0.25) is 5.02 Å². The summed E-state index contributed by atoms with van der Waals surface area (Å²) in [5.41, 5.74) is 0.886. The van der Waals surface area contributed by atoms with Crippen LogP contribution in [-0.2, 0) is 4.79 Å². The summed E-state index contributed by atoms with van der Waals surface area (Å²) in [4.78, 5) is 29.9. The summed E-state index contributed by atoms with van der Waals surface area (Å²) in [5, 5.41) is 5.04. The van der Waals surface area contributed by atoms with Crippen molar-refractivity contribution < 1.29 is 9.18 Å². The molecule has 0 spiro atoms. The molecular weight excluding hydrogens is 433 g/mol. The van der Waals surface area contributed by atoms with Crippen LogP contribution < -0.4 is 10.9 Å². The highest BCUT2D eigenvalue weighted by atomic mass is 35.5. The lowest BCUT2D eigenvalue weighted by Crippen LogP contribution is -2.22. The van der Waals surface area contributed by atoms with Crippen LogP contribution in [0.3, 0.4) is 0 Å². The van der Waals surface area contributed by atoms with Gasteiger partial charge in [0.2, 0.25) is 5.91 Å². The molecule has 0 atom stereocenters. The Morgan fingerprint density at radius 1 is 1.17 bits per heavy atom. The minimum atomic E-state index is -0.517. The maximum atomic E-state index is 13.7. The molecule has 2 heterocycles. The summed E-state index contributed by atoms with van der Waals surface area (Å²) in [6, 6.07) is 14.6. The molecule has 4 aromatic rings. The van der Waals surface area contributed by atoms with E-state index in [2.05, 4.69) is 10.3 Å². The largest absolute Gasteiger partial charge is 0.323 e. The van der Waals surface area contributed by atoms with Crippen molar-refractivity contribution in [1.29, 1.82) is 0 Å². The number of fused-ring (bicyclic) bond motifs is 1. The predicted octanol–water partition coefficient (Wildman–Crippen LogP) is 4.97. The third kappa shape index (κ3) is 4.05. The van der Waals surface area contributed by atoms with Crippen molar-refractivity contribution in [3.8, 4) is 5.69 Å². The molecule has 1 N–H and O–H groups in total. The lowest BCUT2D eigenvalue weighted by Gasteiger charge is -2.13. The number of thiophene rings is 1. The number of hydrogen-bond acceptors (Lipinski definition) is 5. The first-order chi connectivity index (χ1) is 14.0. The number of anilines is 1. The first-order valence-electron chi connectivity index (χ1n) is 8.47. The van der Waals surface area contributed by atoms with Crippen LogP contribution >= 0.6 is 34.7 Å². The Bertz CT molecular complexity index is 1270. The number of carbonyl (C=O) groups excluding carboxylic acids is 1. The van der Waals surface area contributed by atoms with Crippen LogP contribution in [0, 0.1) is 5.82 Å². The van der Waals surface area contributed by atoms with Gasteiger partial charge in [0, 0.05) is 0 Å². The van der Waals surface area contributed by atoms with Crippen LogP contribution in [0.15, 0.2) is 69.9 Å². The van der Waals surface area contributed by atoms with E-state index in [1.807, 2.05) is 0 Å². The molecule has 5 nitrogen and oxygen atoms in total. The number of para-hydroxylation sites is 2. The van der Waals surface area contributed by atoms with Crippen molar-refractivity contribution in [3.05, 3.63) is 81.2 Å². The lowest BCUT2D eigenvalue weighted by atomic mass is 10.3. The molecule has 2 aromatic carbocycles. The zero-order chi connectivity index (χ0) is 20.4. The van der Waals surface area contributed by atoms with E-state index in [1.54, 1.807) is 47.8 Å². The van der Waals surface area contributed by atoms with Gasteiger partial charge in [-0.05, 0) is 35.7 Å². The molecule has 0 saturated heterocycles. The van der Waals surface area contributed by atoms with E-state index in [9.17, 15) is 14.0 Å². The Morgan fingerprint density at radius 3 is 2.72 bits per heavy atom. The Labute approximate surface area is 178 Å². The number of amides is 1. The van der Waals surface area contributed by atoms with Gasteiger partial charge < -0.3 is 5.32 Å². The van der Waals surface area contributed by atoms with Crippen LogP contribution in [0.25, 0.3) is 15.9 Å². The average molecular weight is 446 g/mol. The molecule has 1 amide bonds. The van der Waals surface area contributed by atoms with E-state index in [0.29, 0.717) is 26.1 Å². The second-order valence-electron chi connectivity index (χ2n) is 5.94. The standard InChI is InChI=1S/C20H13ClFN3O2S2/c21-12-5-1-4-8-16(12)25-19(27)18-15(9-10-28-18)24-20(25)29-11-17(26)23-14-7-3-2-6-13(14)22/h1-10H,11H2,(H,23,26). The minimum absolute atomic E-state index is 0.0547. The monoisotopic (exact) mass is 445 g/mol. The molecule has 0 aliphatic rings. The molecule has 0 unspecified atom stereocenters. The number of thioether (sulfide) groups is 1. The summed E-state index contributed by atoms with van der Waals surface area (Å²) < 4.78 is 15.7. The third-order valence-electron chi connectivity index (χ3n) is 4.02. The maximum Gasteiger partial charge on any atom is 0.276 e. The summed E-state index contributed by atoms with van der Waals surface area (Å²) in [7, 11) is 0. The number of nitrogens with zero attached hydrogens (tertiary/aromatic N) is 2. The fraction of sp³-hybridized carbons (Fsp3) is 0.0500. The fourth-order valence-corrected chi connectivity index (χ4v) is 4.50. The second-order valence-corrected chi connectivity index (χ2v) is 8.20. The smallest absolute Gasteiger partial charge is 0.276 e. The third-order valence-corrected chi connectivity index (χ3v) is 6.17. The van der Waals surface area contributed by atoms with Crippen LogP contribution in [0.5, 0.6) is 0 Å². The van der Waals surface area contributed by atoms with Gasteiger partial charge >= 0.3 is 0 Å². The first kappa shape index (κ1) is 19.6. The highest BCUT2D eigenvalue weighted by molar-refractivity contribution is 7.99. The van der Waals surface area contributed by atoms with Crippen molar-refractivity contribution in [3.63, 3.8) is 0 Å². The van der Waals surface area contributed by atoms with Crippen molar-refractivity contribution >= 4 is 56.5 Å². The Balaban J connectivity index is 1.67. The van der Waals surface area contributed by atoms with E-state index in [-0.39, 0.29) is 17.0 Å². The van der Waals surface area contributed by atoms with Gasteiger partial charge in [0.25, 0.3) is 5.56 Å². The summed E-state index contributed by atoms with van der Waals surface area (Å²) in [6.07, 6.45) is 0. The van der Waals surface area contributed by atoms with E-state index < -0.39 is 11.7 Å². The highest BCUT2D eigenvalue weighted by Gasteiger charge is 2.17. The number of aromatic nitrogens is 2. The van der Waals surface area contributed by atoms with Gasteiger partial charge in [0.05, 0.1) is 27.7 Å². The van der Waals surface area contributed by atoms with Crippen molar-refractivity contribution in [2.75, 3.05) is 11.1 Å². The van der Waals surface area contributed by atoms with Gasteiger partial charge in [0.15, 0.2) is 5.16 Å². The van der Waals surface area contributed by atoms with Crippen molar-refractivity contribution in [2.24, 2.45) is 0 Å². The van der Waals surface area contributed by atoms with Gasteiger partial charge in [-0.25, -0.2) is 9.37 Å². The van der Waals surface area contributed by atoms with Crippen LogP contribution in [0.4, 0.5) is 10.1 Å². The van der Waals surface area contributed by atoms with Crippen LogP contribution in [-0.4, -0.2) is 21.2 Å². The quantitative estimate of drug-likeness (QED) is 0.348. The van der Waals surface area contributed by atoms with E-state index in [1.165, 1.54) is 28.0 Å². The van der Waals surface area contributed by atoms with Crippen LogP contribution in [0.1, 0.15) is 0 Å². The minimum Gasteiger partial charge on any atom is -0.323 e. The Morgan fingerprint density at radius 2 is 1.93 bits per heavy atom. The Hall–Kier alpha value is -2.68. The number of benzene rings is 2. The zero-order valence-corrected chi connectivity index (χ0v) is 17.2. The molecule has 9 heteroatoms. The topological polar surface area (TPSA) is 64.0 Å². The lowest BCUT2D eigenvalue weighted by molar-refractivity contribution is -0.113. The predicted molar refractivity (Wildman–Crippen MR) is 116 cm³/mol. The zero-order valence-electron chi connectivity index (χ0n) is 14.8. The van der Waals surface area contributed by atoms with Crippen molar-refractivity contribution in [1.82, 2.24) is 9.55 Å². The number of rotatable bonds is 5. The SMILES string of the molecule is O=C(CSc1nc2ccsc2c(=O)n1-c1ccccc1Cl)Nc1ccccc1F. The molecule has 4 rings (SSSR count). The van der Waals surface area contributed by atoms with E-state index in [0.717, 1.165) is 11.8 Å². The summed E-state index contributed by atoms with van der Waals surface area (Å²) in [5.74, 6) is -0.983. The van der Waals surface area contributed by atoms with Gasteiger partial charge in [-0.1, -0.05) is 47.6 Å². The first-order valence-corrected chi connectivity index (χ1v) is 10.7. The molecule has 0 bridgehead atoms. The van der Waals surface area contributed by atoms with Gasteiger partial charge in [-0.2, -0.15) is 0 Å². The molecule has 146 valence electrons. The average Bonchev–Trinajstić information content (AvgIpc) is 3.18. The fourth-order valence-electron chi connectivity index (χ4n) is 2.71. The van der Waals surface area contributed by atoms with Crippen molar-refractivity contribution in [2.45, 2.75) is 5.16 Å². The molecular formula is C20H13ClFN3O2S2. The molecule has 29 heavy (non-hydrogen) atoms. The van der Waals surface area contributed by atoms with Gasteiger partial charge in [-0.3, -0.25) is 14.2 Å². The number of halogens is 2. The number of carbonyl (C=O) groups is 1. The van der Waals surface area contributed by atoms with E-state index in [4.69, 9.17) is 11.6 Å². The molecule has 0 fully saturated rings. The van der Waals surface area contributed by atoms with Gasteiger partial charge in [0.1, 0.15) is 10.5 Å². The summed E-state index contributed by atoms with van der Waals surface area (Å²) >= 11 is 8.68. The molecule has 2 aromatic heterocycles. The molecule has 0 aliphatic carbocycles. The summed E-state index contributed by atoms with van der Waals surface area (Å²) in [6.45, 7) is 0. The number of nitrogens with one attached hydrogen (secondary N) is 1. The number of hydrogen-bond donors (Lipinski definition) is 1. The molecule has 0 radical (unpaired) electrons. The van der Waals surface area contributed by atoms with E-state index >= 15 is 0 Å². The Kier molecular flexibility index (Phi) is 5.66. The maximum absolute atomic E-state index is 13.7. The second kappa shape index (κ2) is 8.36. The molecule has 0 aliphatic heterocycles. The van der Waals surface area contributed by atoms with Gasteiger partial charge in [-0.15, -0.1) is 11.3 Å². The molecule has 0 saturated carbocycles. The normalized spacial score (nSPS) is 11.0.